The second-order valence-electron chi connectivity index (χ2n) is 7.87. The number of rotatable bonds is 6. The third-order valence-electron chi connectivity index (χ3n) is 5.50. The van der Waals surface area contributed by atoms with Crippen LogP contribution in [-0.4, -0.2) is 46.5 Å². The van der Waals surface area contributed by atoms with Crippen LogP contribution in [0.1, 0.15) is 44.1 Å². The topological polar surface area (TPSA) is 76.5 Å². The summed E-state index contributed by atoms with van der Waals surface area (Å²) in [6.07, 6.45) is 4.95. The van der Waals surface area contributed by atoms with Crippen molar-refractivity contribution in [1.29, 1.82) is 0 Å². The fraction of sp³-hybridized carbons (Fsp3) is 0.500. The van der Waals surface area contributed by atoms with Gasteiger partial charge < -0.3 is 19.5 Å². The van der Waals surface area contributed by atoms with Crippen LogP contribution in [0.2, 0.25) is 0 Å². The Morgan fingerprint density at radius 1 is 1.24 bits per heavy atom. The van der Waals surface area contributed by atoms with E-state index in [1.54, 1.807) is 13.3 Å². The molecule has 0 aliphatic carbocycles. The maximum Gasteiger partial charge on any atom is 0.225 e. The summed E-state index contributed by atoms with van der Waals surface area (Å²) >= 11 is 0. The first-order chi connectivity index (χ1) is 13.9. The van der Waals surface area contributed by atoms with Crippen molar-refractivity contribution in [2.45, 2.75) is 32.7 Å². The molecule has 0 bridgehead atoms. The van der Waals surface area contributed by atoms with E-state index in [9.17, 15) is 9.59 Å². The zero-order chi connectivity index (χ0) is 21.0. The normalized spacial score (nSPS) is 16.0. The molecule has 1 aliphatic rings. The fourth-order valence-corrected chi connectivity index (χ4v) is 3.76. The summed E-state index contributed by atoms with van der Waals surface area (Å²) in [6, 6.07) is 7.30. The zero-order valence-corrected chi connectivity index (χ0v) is 17.6. The Hall–Kier alpha value is -2.83. The molecule has 156 valence electrons. The van der Waals surface area contributed by atoms with Crippen LogP contribution in [0.5, 0.6) is 5.75 Å². The highest BCUT2D eigenvalue weighted by Crippen LogP contribution is 2.26. The molecule has 2 aromatic rings. The molecular weight excluding hydrogens is 368 g/mol. The minimum Gasteiger partial charge on any atom is -0.497 e. The number of hydrogen-bond donors (Lipinski definition) is 1. The van der Waals surface area contributed by atoms with Crippen LogP contribution in [0.3, 0.4) is 0 Å². The Balaban J connectivity index is 1.74. The number of nitrogens with one attached hydrogen (secondary N) is 1. The van der Waals surface area contributed by atoms with Crippen molar-refractivity contribution in [1.82, 2.24) is 19.8 Å². The number of methoxy groups -OCH3 is 1. The van der Waals surface area contributed by atoms with Crippen molar-refractivity contribution < 1.29 is 14.3 Å². The summed E-state index contributed by atoms with van der Waals surface area (Å²) in [6.45, 7) is 5.07. The average Bonchev–Trinajstić information content (AvgIpc) is 3.16. The highest BCUT2D eigenvalue weighted by Gasteiger charge is 2.30. The number of carbonyl (C=O) groups excluding carboxylic acids is 2. The summed E-state index contributed by atoms with van der Waals surface area (Å²) in [4.78, 5) is 31.6. The first-order valence-corrected chi connectivity index (χ1v) is 10.1. The lowest BCUT2D eigenvalue weighted by atomic mass is 9.94. The van der Waals surface area contributed by atoms with Crippen molar-refractivity contribution >= 4 is 11.8 Å². The smallest absolute Gasteiger partial charge is 0.225 e. The molecule has 1 unspecified atom stereocenters. The van der Waals surface area contributed by atoms with Gasteiger partial charge in [-0.15, -0.1) is 0 Å². The van der Waals surface area contributed by atoms with Gasteiger partial charge in [0.1, 0.15) is 17.6 Å². The number of amides is 2. The van der Waals surface area contributed by atoms with E-state index in [1.165, 1.54) is 0 Å². The molecule has 1 aliphatic heterocycles. The van der Waals surface area contributed by atoms with Crippen molar-refractivity contribution in [2.24, 2.45) is 18.9 Å². The number of piperidine rings is 1. The predicted octanol–water partition coefficient (Wildman–Crippen LogP) is 2.53. The Morgan fingerprint density at radius 3 is 2.55 bits per heavy atom. The van der Waals surface area contributed by atoms with Gasteiger partial charge in [0.2, 0.25) is 11.8 Å². The van der Waals surface area contributed by atoms with Gasteiger partial charge in [-0.1, -0.05) is 26.0 Å². The first kappa shape index (κ1) is 20.9. The lowest BCUT2D eigenvalue weighted by Crippen LogP contribution is -2.45. The number of aromatic nitrogens is 2. The summed E-state index contributed by atoms with van der Waals surface area (Å²) in [7, 11) is 3.54. The molecule has 1 N–H and O–H groups in total. The maximum atomic E-state index is 13.1. The van der Waals surface area contributed by atoms with Crippen molar-refractivity contribution in [3.8, 4) is 5.75 Å². The molecule has 1 fully saturated rings. The summed E-state index contributed by atoms with van der Waals surface area (Å²) in [5, 5.41) is 3.18. The molecule has 29 heavy (non-hydrogen) atoms. The quantitative estimate of drug-likeness (QED) is 0.811. The molecule has 2 heterocycles. The molecule has 1 atom stereocenters. The maximum absolute atomic E-state index is 13.1. The molecule has 7 heteroatoms. The van der Waals surface area contributed by atoms with E-state index in [0.717, 1.165) is 17.1 Å². The van der Waals surface area contributed by atoms with E-state index in [0.29, 0.717) is 25.9 Å². The Kier molecular flexibility index (Phi) is 6.56. The van der Waals surface area contributed by atoms with Gasteiger partial charge >= 0.3 is 0 Å². The van der Waals surface area contributed by atoms with Crippen LogP contribution in [0.4, 0.5) is 0 Å². The van der Waals surface area contributed by atoms with Crippen LogP contribution in [0.15, 0.2) is 36.7 Å². The zero-order valence-electron chi connectivity index (χ0n) is 17.6. The Bertz CT molecular complexity index is 853. The minimum atomic E-state index is -0.368. The van der Waals surface area contributed by atoms with Gasteiger partial charge in [0.05, 0.1) is 7.11 Å². The third kappa shape index (κ3) is 4.78. The Labute approximate surface area is 172 Å². The summed E-state index contributed by atoms with van der Waals surface area (Å²) in [5.41, 5.74) is 0.916. The predicted molar refractivity (Wildman–Crippen MR) is 110 cm³/mol. The number of carbonyl (C=O) groups is 2. The fourth-order valence-electron chi connectivity index (χ4n) is 3.76. The van der Waals surface area contributed by atoms with Gasteiger partial charge in [-0.25, -0.2) is 4.98 Å². The lowest BCUT2D eigenvalue weighted by molar-refractivity contribution is -0.138. The second-order valence-corrected chi connectivity index (χ2v) is 7.87. The molecule has 2 amide bonds. The SMILES string of the molecule is COc1cccc(C(NC(=O)C2CCN(C(=O)C(C)C)CC2)c2nccn2C)c1. The lowest BCUT2D eigenvalue weighted by Gasteiger charge is -2.33. The largest absolute Gasteiger partial charge is 0.497 e. The monoisotopic (exact) mass is 398 g/mol. The molecule has 1 saturated heterocycles. The van der Waals surface area contributed by atoms with E-state index in [-0.39, 0.29) is 29.7 Å². The van der Waals surface area contributed by atoms with Crippen LogP contribution in [-0.2, 0) is 16.6 Å². The van der Waals surface area contributed by atoms with E-state index >= 15 is 0 Å². The summed E-state index contributed by atoms with van der Waals surface area (Å²) < 4.78 is 7.26. The molecule has 0 saturated carbocycles. The molecule has 7 nitrogen and oxygen atoms in total. The number of imidazole rings is 1. The van der Waals surface area contributed by atoms with Crippen LogP contribution < -0.4 is 10.1 Å². The van der Waals surface area contributed by atoms with Gasteiger partial charge in [-0.2, -0.15) is 0 Å². The Morgan fingerprint density at radius 2 is 1.97 bits per heavy atom. The van der Waals surface area contributed by atoms with Gasteiger partial charge in [-0.3, -0.25) is 9.59 Å². The first-order valence-electron chi connectivity index (χ1n) is 10.1. The molecular formula is C22H30N4O3. The van der Waals surface area contributed by atoms with E-state index < -0.39 is 0 Å². The van der Waals surface area contributed by atoms with Crippen LogP contribution in [0.25, 0.3) is 0 Å². The number of benzene rings is 1. The molecule has 1 aromatic carbocycles. The standard InChI is InChI=1S/C22H30N4O3/c1-15(2)22(28)26-11-8-16(9-12-26)21(27)24-19(20-23-10-13-25(20)3)17-6-5-7-18(14-17)29-4/h5-7,10,13-16,19H,8-9,11-12H2,1-4H3,(H,24,27). The van der Waals surface area contributed by atoms with Crippen molar-refractivity contribution in [2.75, 3.05) is 20.2 Å². The molecule has 3 rings (SSSR count). The van der Waals surface area contributed by atoms with Gasteiger partial charge in [0.25, 0.3) is 0 Å². The van der Waals surface area contributed by atoms with Crippen molar-refractivity contribution in [3.05, 3.63) is 48.0 Å². The number of hydrogen-bond acceptors (Lipinski definition) is 4. The number of likely N-dealkylation sites (tertiary alicyclic amines) is 1. The molecule has 0 radical (unpaired) electrons. The number of nitrogens with zero attached hydrogens (tertiary/aromatic N) is 3. The van der Waals surface area contributed by atoms with Gasteiger partial charge in [0.15, 0.2) is 0 Å². The van der Waals surface area contributed by atoms with Gasteiger partial charge in [0, 0.05) is 44.4 Å². The second kappa shape index (κ2) is 9.11. The highest BCUT2D eigenvalue weighted by molar-refractivity contribution is 5.81. The third-order valence-corrected chi connectivity index (χ3v) is 5.50. The van der Waals surface area contributed by atoms with E-state index in [2.05, 4.69) is 10.3 Å². The molecule has 0 spiro atoms. The summed E-state index contributed by atoms with van der Waals surface area (Å²) in [5.74, 6) is 1.53. The van der Waals surface area contributed by atoms with Crippen molar-refractivity contribution in [3.63, 3.8) is 0 Å². The van der Waals surface area contributed by atoms with E-state index in [1.807, 2.05) is 60.8 Å². The minimum absolute atomic E-state index is 0.00235. The van der Waals surface area contributed by atoms with Crippen LogP contribution in [0, 0.1) is 11.8 Å². The van der Waals surface area contributed by atoms with Crippen LogP contribution >= 0.6 is 0 Å². The van der Waals surface area contributed by atoms with Gasteiger partial charge in [-0.05, 0) is 30.5 Å². The highest BCUT2D eigenvalue weighted by atomic mass is 16.5. The van der Waals surface area contributed by atoms with E-state index in [4.69, 9.17) is 4.74 Å². The average molecular weight is 399 g/mol. The number of aryl methyl sites for hydroxylation is 1. The molecule has 1 aromatic heterocycles. The number of ether oxygens (including phenoxy) is 1.